The Bertz CT molecular complexity index is 643. The van der Waals surface area contributed by atoms with Gasteiger partial charge in [0.1, 0.15) is 5.84 Å². The van der Waals surface area contributed by atoms with Crippen LogP contribution in [0.1, 0.15) is 33.1 Å². The van der Waals surface area contributed by atoms with E-state index in [-0.39, 0.29) is 0 Å². The molecule has 2 nitrogen and oxygen atoms in total. The summed E-state index contributed by atoms with van der Waals surface area (Å²) in [6, 6.07) is 15.0. The molecule has 110 valence electrons. The van der Waals surface area contributed by atoms with Crippen molar-refractivity contribution in [3.63, 3.8) is 0 Å². The largest absolute Gasteiger partial charge is 0.360 e. The maximum Gasteiger partial charge on any atom is 0.105 e. The minimum Gasteiger partial charge on any atom is -0.360 e. The van der Waals surface area contributed by atoms with E-state index in [1.807, 2.05) is 0 Å². The molecule has 0 spiro atoms. The van der Waals surface area contributed by atoms with Gasteiger partial charge in [-0.25, -0.2) is 4.99 Å². The third kappa shape index (κ3) is 3.44. The highest BCUT2D eigenvalue weighted by molar-refractivity contribution is 5.89. The van der Waals surface area contributed by atoms with E-state index in [1.165, 1.54) is 29.4 Å². The zero-order chi connectivity index (χ0) is 14.7. The number of piperidine rings is 1. The second-order valence-electron chi connectivity index (χ2n) is 6.36. The van der Waals surface area contributed by atoms with E-state index >= 15 is 0 Å². The Hall–Kier alpha value is -1.83. The predicted molar refractivity (Wildman–Crippen MR) is 91.3 cm³/mol. The molecule has 3 rings (SSSR count). The summed E-state index contributed by atoms with van der Waals surface area (Å²) in [7, 11) is 0. The fourth-order valence-electron chi connectivity index (χ4n) is 3.03. The first-order chi connectivity index (χ1) is 10.2. The van der Waals surface area contributed by atoms with Crippen molar-refractivity contribution in [3.8, 4) is 0 Å². The maximum absolute atomic E-state index is 4.95. The van der Waals surface area contributed by atoms with Crippen molar-refractivity contribution in [1.82, 2.24) is 4.90 Å². The molecular formula is C19H24N2. The quantitative estimate of drug-likeness (QED) is 0.771. The van der Waals surface area contributed by atoms with E-state index in [0.29, 0.717) is 5.92 Å². The normalized spacial score (nSPS) is 17.9. The molecule has 1 aliphatic heterocycles. The van der Waals surface area contributed by atoms with Crippen LogP contribution in [0.15, 0.2) is 47.5 Å². The molecule has 2 aromatic carbocycles. The van der Waals surface area contributed by atoms with Crippen LogP contribution in [-0.4, -0.2) is 23.8 Å². The first kappa shape index (κ1) is 14.1. The van der Waals surface area contributed by atoms with Crippen LogP contribution in [-0.2, 0) is 0 Å². The van der Waals surface area contributed by atoms with Gasteiger partial charge in [0.15, 0.2) is 0 Å². The van der Waals surface area contributed by atoms with Gasteiger partial charge < -0.3 is 4.90 Å². The lowest BCUT2D eigenvalue weighted by Crippen LogP contribution is -2.37. The molecule has 0 saturated carbocycles. The van der Waals surface area contributed by atoms with Crippen LogP contribution in [0.2, 0.25) is 0 Å². The molecule has 0 atom stereocenters. The standard InChI is InChI=1S/C19H24N2/c1-15(2)14-21-12-6-5-9-19(21)20-18-11-10-16-7-3-4-8-17(16)13-18/h3-4,7-8,10-11,13,15H,5-6,9,12,14H2,1-2H3. The van der Waals surface area contributed by atoms with Crippen molar-refractivity contribution in [2.45, 2.75) is 33.1 Å². The van der Waals surface area contributed by atoms with Gasteiger partial charge in [-0.3, -0.25) is 0 Å². The molecule has 0 aromatic heterocycles. The minimum atomic E-state index is 0.685. The molecule has 2 aromatic rings. The summed E-state index contributed by atoms with van der Waals surface area (Å²) in [6.07, 6.45) is 3.67. The Kier molecular flexibility index (Phi) is 4.23. The lowest BCUT2D eigenvalue weighted by Gasteiger charge is -2.31. The molecule has 1 saturated heterocycles. The Morgan fingerprint density at radius 2 is 1.86 bits per heavy atom. The highest BCUT2D eigenvalue weighted by Crippen LogP contribution is 2.23. The summed E-state index contributed by atoms with van der Waals surface area (Å²) in [5, 5.41) is 2.55. The smallest absolute Gasteiger partial charge is 0.105 e. The van der Waals surface area contributed by atoms with Crippen LogP contribution in [0.25, 0.3) is 10.8 Å². The van der Waals surface area contributed by atoms with E-state index in [9.17, 15) is 0 Å². The Morgan fingerprint density at radius 3 is 2.67 bits per heavy atom. The van der Waals surface area contributed by atoms with Crippen LogP contribution in [0.4, 0.5) is 5.69 Å². The van der Waals surface area contributed by atoms with Crippen LogP contribution < -0.4 is 0 Å². The number of likely N-dealkylation sites (tertiary alicyclic amines) is 1. The van der Waals surface area contributed by atoms with E-state index < -0.39 is 0 Å². The van der Waals surface area contributed by atoms with Gasteiger partial charge >= 0.3 is 0 Å². The van der Waals surface area contributed by atoms with Gasteiger partial charge in [-0.1, -0.05) is 44.2 Å². The summed E-state index contributed by atoms with van der Waals surface area (Å²) in [4.78, 5) is 7.42. The predicted octanol–water partition coefficient (Wildman–Crippen LogP) is 5.01. The monoisotopic (exact) mass is 280 g/mol. The summed E-state index contributed by atoms with van der Waals surface area (Å²) in [5.74, 6) is 1.95. The highest BCUT2D eigenvalue weighted by Gasteiger charge is 2.17. The molecule has 0 unspecified atom stereocenters. The molecule has 1 aliphatic rings. The first-order valence-electron chi connectivity index (χ1n) is 8.04. The van der Waals surface area contributed by atoms with Crippen molar-refractivity contribution < 1.29 is 0 Å². The Labute approximate surface area is 127 Å². The highest BCUT2D eigenvalue weighted by atomic mass is 15.2. The number of rotatable bonds is 3. The summed E-state index contributed by atoms with van der Waals surface area (Å²) < 4.78 is 0. The zero-order valence-electron chi connectivity index (χ0n) is 13.0. The van der Waals surface area contributed by atoms with Gasteiger partial charge in [0, 0.05) is 19.5 Å². The number of hydrogen-bond acceptors (Lipinski definition) is 1. The van der Waals surface area contributed by atoms with Gasteiger partial charge in [0.25, 0.3) is 0 Å². The van der Waals surface area contributed by atoms with Crippen molar-refractivity contribution in [1.29, 1.82) is 0 Å². The average Bonchev–Trinajstić information content (AvgIpc) is 2.49. The molecule has 0 amide bonds. The van der Waals surface area contributed by atoms with E-state index in [4.69, 9.17) is 4.99 Å². The number of benzene rings is 2. The van der Waals surface area contributed by atoms with Crippen LogP contribution >= 0.6 is 0 Å². The Balaban J connectivity index is 1.89. The third-order valence-electron chi connectivity index (χ3n) is 4.02. The van der Waals surface area contributed by atoms with E-state index in [2.05, 4.69) is 61.2 Å². The fraction of sp³-hybridized carbons (Fsp3) is 0.421. The lowest BCUT2D eigenvalue weighted by atomic mass is 10.1. The molecule has 0 radical (unpaired) electrons. The molecule has 2 heteroatoms. The van der Waals surface area contributed by atoms with Gasteiger partial charge in [-0.05, 0) is 41.7 Å². The lowest BCUT2D eigenvalue weighted by molar-refractivity contribution is 0.330. The molecule has 0 bridgehead atoms. The zero-order valence-corrected chi connectivity index (χ0v) is 13.0. The van der Waals surface area contributed by atoms with Crippen LogP contribution in [0.3, 0.4) is 0 Å². The molecular weight excluding hydrogens is 256 g/mol. The number of hydrogen-bond donors (Lipinski definition) is 0. The van der Waals surface area contributed by atoms with E-state index in [1.54, 1.807) is 0 Å². The molecule has 1 heterocycles. The van der Waals surface area contributed by atoms with Crippen LogP contribution in [0.5, 0.6) is 0 Å². The number of nitrogens with zero attached hydrogens (tertiary/aromatic N) is 2. The molecule has 0 aliphatic carbocycles. The van der Waals surface area contributed by atoms with Crippen molar-refractivity contribution >= 4 is 22.3 Å². The Morgan fingerprint density at radius 1 is 1.05 bits per heavy atom. The second-order valence-corrected chi connectivity index (χ2v) is 6.36. The number of amidine groups is 1. The van der Waals surface area contributed by atoms with Gasteiger partial charge in [0.05, 0.1) is 5.69 Å². The summed E-state index contributed by atoms with van der Waals surface area (Å²) in [6.45, 7) is 6.83. The third-order valence-corrected chi connectivity index (χ3v) is 4.02. The first-order valence-corrected chi connectivity index (χ1v) is 8.04. The minimum absolute atomic E-state index is 0.685. The van der Waals surface area contributed by atoms with Crippen molar-refractivity contribution in [2.24, 2.45) is 10.9 Å². The average molecular weight is 280 g/mol. The number of fused-ring (bicyclic) bond motifs is 1. The van der Waals surface area contributed by atoms with Crippen molar-refractivity contribution in [3.05, 3.63) is 42.5 Å². The molecule has 1 fully saturated rings. The summed E-state index contributed by atoms with van der Waals surface area (Å²) >= 11 is 0. The SMILES string of the molecule is CC(C)CN1CCCCC1=Nc1ccc2ccccc2c1. The fourth-order valence-corrected chi connectivity index (χ4v) is 3.03. The van der Waals surface area contributed by atoms with E-state index in [0.717, 1.165) is 25.2 Å². The summed E-state index contributed by atoms with van der Waals surface area (Å²) in [5.41, 5.74) is 1.08. The van der Waals surface area contributed by atoms with Crippen LogP contribution in [0, 0.1) is 5.92 Å². The number of aliphatic imine (C=N–C) groups is 1. The maximum atomic E-state index is 4.95. The van der Waals surface area contributed by atoms with Gasteiger partial charge in [0.2, 0.25) is 0 Å². The molecule has 21 heavy (non-hydrogen) atoms. The second kappa shape index (κ2) is 6.30. The van der Waals surface area contributed by atoms with Gasteiger partial charge in [-0.15, -0.1) is 0 Å². The molecule has 0 N–H and O–H groups in total. The topological polar surface area (TPSA) is 15.6 Å². The van der Waals surface area contributed by atoms with Crippen molar-refractivity contribution in [2.75, 3.05) is 13.1 Å². The van der Waals surface area contributed by atoms with Gasteiger partial charge in [-0.2, -0.15) is 0 Å².